The summed E-state index contributed by atoms with van der Waals surface area (Å²) < 4.78 is 38.4. The molecule has 0 radical (unpaired) electrons. The van der Waals surface area contributed by atoms with Crippen LogP contribution in [0, 0.1) is 0 Å². The second-order valence-corrected chi connectivity index (χ2v) is 29.7. The van der Waals surface area contributed by atoms with Gasteiger partial charge in [-0.05, 0) is 281 Å². The smallest absolute Gasteiger partial charge is 0.131 e. The fraction of sp³-hybridized carbons (Fsp3) is 0.0400. The number of ether oxygens (including phenoxy) is 7. The van der Waals surface area contributed by atoms with E-state index >= 15 is 0 Å². The molecule has 0 bridgehead atoms. The van der Waals surface area contributed by atoms with Gasteiger partial charge in [-0.25, -0.2) is 0 Å². The number of nitrogen functional groups attached to an aromatic ring is 8. The maximum absolute atomic E-state index is 5.83. The molecule has 0 heterocycles. The maximum atomic E-state index is 5.83. The average molecular weight is 1680 g/mol. The summed E-state index contributed by atoms with van der Waals surface area (Å²) in [4.78, 5) is 9.47. The highest BCUT2D eigenvalue weighted by Crippen LogP contribution is 2.38. The number of hydrogen-bond donors (Lipinski definition) is 10. The second-order valence-electron chi connectivity index (χ2n) is 25.1. The van der Waals surface area contributed by atoms with Gasteiger partial charge in [-0.3, -0.25) is 0 Å². The molecule has 616 valence electrons. The minimum Gasteiger partial charge on any atom is -0.457 e. The van der Waals surface area contributed by atoms with Crippen molar-refractivity contribution in [1.29, 1.82) is 0 Å². The molecule has 16 aromatic rings. The normalized spacial score (nSPS) is 9.83. The molecule has 20 N–H and O–H groups in total. The number of rotatable bonds is 20. The quantitative estimate of drug-likeness (QED) is 0.0317. The van der Waals surface area contributed by atoms with Gasteiger partial charge in [-0.15, -0.1) is 0 Å². The minimum absolute atomic E-state index is 0.659. The number of nitrogens with two attached hydrogens (primary N) is 10. The lowest BCUT2D eigenvalue weighted by Gasteiger charge is -2.09. The predicted octanol–water partition coefficient (Wildman–Crippen LogP) is 25.5. The molecule has 0 fully saturated rings. The van der Waals surface area contributed by atoms with E-state index in [1.54, 1.807) is 91.6 Å². The zero-order valence-electron chi connectivity index (χ0n) is 67.5. The van der Waals surface area contributed by atoms with Gasteiger partial charge in [0.25, 0.3) is 0 Å². The van der Waals surface area contributed by atoms with Crippen molar-refractivity contribution in [2.75, 3.05) is 74.2 Å². The maximum Gasteiger partial charge on any atom is 0.131 e. The summed E-state index contributed by atoms with van der Waals surface area (Å²) in [7, 11) is 6.25. The van der Waals surface area contributed by atoms with E-state index in [1.807, 2.05) is 322 Å². The first-order chi connectivity index (χ1) is 59.1. The molecule has 0 atom stereocenters. The van der Waals surface area contributed by atoms with Crippen molar-refractivity contribution in [1.82, 2.24) is 0 Å². The average Bonchev–Trinajstić information content (AvgIpc) is 0.869. The van der Waals surface area contributed by atoms with Crippen LogP contribution in [0.3, 0.4) is 0 Å². The van der Waals surface area contributed by atoms with Crippen LogP contribution in [0.25, 0.3) is 0 Å². The van der Waals surface area contributed by atoms with E-state index in [0.717, 1.165) is 61.3 Å². The number of hydrogen-bond acceptors (Lipinski definition) is 21. The van der Waals surface area contributed by atoms with Gasteiger partial charge in [0, 0.05) is 123 Å². The Morgan fingerprint density at radius 3 is 0.587 bits per heavy atom. The van der Waals surface area contributed by atoms with Crippen LogP contribution in [0.5, 0.6) is 69.0 Å². The van der Waals surface area contributed by atoms with Crippen LogP contribution in [0.1, 0.15) is 0 Å². The largest absolute Gasteiger partial charge is 0.457 e. The Labute approximate surface area is 726 Å². The van der Waals surface area contributed by atoms with Crippen LogP contribution in [-0.2, 0) is 4.74 Å². The Bertz CT molecular complexity index is 5250. The molecule has 0 saturated carbocycles. The Morgan fingerprint density at radius 1 is 0.149 bits per heavy atom. The summed E-state index contributed by atoms with van der Waals surface area (Å²) in [6, 6.07) is 132. The summed E-state index contributed by atoms with van der Waals surface area (Å²) >= 11 is 6.89. The van der Waals surface area contributed by atoms with Crippen LogP contribution < -0.4 is 85.8 Å². The lowest BCUT2D eigenvalue weighted by Crippen LogP contribution is -1.89. The second kappa shape index (κ2) is 52.6. The van der Waals surface area contributed by atoms with Crippen molar-refractivity contribution < 1.29 is 33.2 Å². The van der Waals surface area contributed by atoms with Gasteiger partial charge in [0.2, 0.25) is 0 Å². The van der Waals surface area contributed by atoms with Gasteiger partial charge in [-0.1, -0.05) is 168 Å². The summed E-state index contributed by atoms with van der Waals surface area (Å²) in [5.74, 6) is 9.07. The molecule has 0 aliphatic heterocycles. The first-order valence-electron chi connectivity index (χ1n) is 37.9. The van der Waals surface area contributed by atoms with Crippen LogP contribution in [0.4, 0.5) is 45.5 Å². The zero-order valence-corrected chi connectivity index (χ0v) is 70.8. The molecule has 0 spiro atoms. The number of benzene rings is 16. The van der Waals surface area contributed by atoms with Gasteiger partial charge in [0.05, 0.1) is 0 Å². The van der Waals surface area contributed by atoms with Gasteiger partial charge in [0.15, 0.2) is 0 Å². The van der Waals surface area contributed by atoms with Crippen molar-refractivity contribution in [3.8, 4) is 69.0 Å². The summed E-state index contributed by atoms with van der Waals surface area (Å²) in [5, 5.41) is 0. The molecule has 0 amide bonds. The highest BCUT2D eigenvalue weighted by molar-refractivity contribution is 8.00. The van der Waals surface area contributed by atoms with E-state index in [-0.39, 0.29) is 0 Å². The third-order valence-corrected chi connectivity index (χ3v) is 19.5. The Balaban J connectivity index is 0.000000180. The first-order valence-corrected chi connectivity index (χ1v) is 41.1. The highest BCUT2D eigenvalue weighted by atomic mass is 32.2. The molecule has 21 heteroatoms. The standard InChI is InChI=1S/2C18H16N2O2.2C18H16N2S2.2C12H10O.C2H6O.2CH5N/c19-13-3-1-5-17(11-13)21-15-7-9-16(10-8-15)22-18-6-2-4-14(20)12-18;19-13-7-9-15(10-8-13)21-17-5-2-6-18(12-17)22-16-4-1-3-14(20)11-16;19-13-4-1-6-15(10-13)21-17-8-3-9-18(12-17)22-16-7-2-5-14(20)11-16;19-13-4-8-15(9-5-13)21-17-2-1-3-18(12-17)22-16-10-6-14(20)7-11-16;2*1-3-7-11(8-4-1)13-12-9-5-2-6-10-12;1-3-2;2*1-2/h4*1-12H,19-20H2;2*1-10H;1-2H3;2*2H2,1H3. The number of para-hydroxylation sites is 4. The van der Waals surface area contributed by atoms with Crippen LogP contribution >= 0.6 is 47.0 Å². The molecule has 16 aromatic carbocycles. The van der Waals surface area contributed by atoms with Crippen LogP contribution in [0.15, 0.2) is 452 Å². The van der Waals surface area contributed by atoms with E-state index in [2.05, 4.69) is 76.9 Å². The third-order valence-electron chi connectivity index (χ3n) is 15.5. The Morgan fingerprint density at radius 2 is 0.322 bits per heavy atom. The van der Waals surface area contributed by atoms with Crippen LogP contribution in [0.2, 0.25) is 0 Å². The van der Waals surface area contributed by atoms with Gasteiger partial charge in [-0.2, -0.15) is 0 Å². The predicted molar refractivity (Wildman–Crippen MR) is 508 cm³/mol. The highest BCUT2D eigenvalue weighted by Gasteiger charge is 2.08. The monoisotopic (exact) mass is 1680 g/mol. The van der Waals surface area contributed by atoms with Crippen molar-refractivity contribution in [3.63, 3.8) is 0 Å². The third kappa shape index (κ3) is 36.2. The first kappa shape index (κ1) is 92.5. The zero-order chi connectivity index (χ0) is 86.0. The molecular weight excluding hydrogens is 1580 g/mol. The van der Waals surface area contributed by atoms with Crippen molar-refractivity contribution in [2.24, 2.45) is 11.5 Å². The van der Waals surface area contributed by atoms with E-state index < -0.39 is 0 Å². The number of methoxy groups -OCH3 is 1. The topological polar surface area (TPSA) is 325 Å². The number of anilines is 8. The van der Waals surface area contributed by atoms with Crippen molar-refractivity contribution >= 4 is 92.5 Å². The summed E-state index contributed by atoms with van der Waals surface area (Å²) in [5.41, 5.74) is 60.8. The molecule has 0 aliphatic rings. The van der Waals surface area contributed by atoms with Crippen LogP contribution in [-0.4, -0.2) is 28.3 Å². The van der Waals surface area contributed by atoms with Crippen molar-refractivity contribution in [2.45, 2.75) is 39.2 Å². The summed E-state index contributed by atoms with van der Waals surface area (Å²) in [6.07, 6.45) is 0. The van der Waals surface area contributed by atoms with E-state index in [4.69, 9.17) is 74.3 Å². The molecule has 0 aliphatic carbocycles. The van der Waals surface area contributed by atoms with Crippen molar-refractivity contribution in [3.05, 3.63) is 413 Å². The molecule has 16 rings (SSSR count). The fourth-order valence-corrected chi connectivity index (χ4v) is 14.0. The Kier molecular flexibility index (Phi) is 40.2. The summed E-state index contributed by atoms with van der Waals surface area (Å²) in [6.45, 7) is 0. The lowest BCUT2D eigenvalue weighted by molar-refractivity contribution is 0.277. The SMILES string of the molecule is CN.CN.COC.Nc1ccc(Oc2cccc(Oc3cccc(N)c3)c2)cc1.Nc1ccc(Sc2cccc(Sc3ccc(N)cc3)c2)cc1.Nc1cccc(Oc2ccc(Oc3cccc(N)c3)cc2)c1.Nc1cccc(Sc2cccc(Sc3cccc(N)c3)c2)c1.c1ccc(Oc2ccccc2)cc1.c1ccc(Oc2ccccc2)cc1. The molecule has 0 saturated heterocycles. The van der Waals surface area contributed by atoms with Gasteiger partial charge >= 0.3 is 0 Å². The molecule has 0 unspecified atom stereocenters. The van der Waals surface area contributed by atoms with E-state index in [9.17, 15) is 0 Å². The fourth-order valence-electron chi connectivity index (χ4n) is 10.2. The molecular formula is C100H100N10O7S4. The lowest BCUT2D eigenvalue weighted by atomic mass is 10.3. The minimum atomic E-state index is 0.659. The van der Waals surface area contributed by atoms with E-state index in [1.165, 1.54) is 43.5 Å². The molecule has 17 nitrogen and oxygen atoms in total. The molecule has 121 heavy (non-hydrogen) atoms. The Hall–Kier alpha value is -14.0. The van der Waals surface area contributed by atoms with Gasteiger partial charge < -0.3 is 90.5 Å². The van der Waals surface area contributed by atoms with E-state index in [0.29, 0.717) is 63.0 Å². The van der Waals surface area contributed by atoms with Gasteiger partial charge in [0.1, 0.15) is 69.0 Å². The molecule has 0 aromatic heterocycles.